The summed E-state index contributed by atoms with van der Waals surface area (Å²) in [6.45, 7) is 6.20. The Morgan fingerprint density at radius 1 is 0.783 bits per heavy atom. The second-order valence-electron chi connectivity index (χ2n) is 6.97. The Bertz CT molecular complexity index is 281. The fraction of sp³-hybridized carbons (Fsp3) is 0.950. The second kappa shape index (κ2) is 15.0. The molecule has 23 heavy (non-hydrogen) atoms. The van der Waals surface area contributed by atoms with Crippen molar-refractivity contribution < 1.29 is 9.90 Å². The number of carbonyl (C=O) groups is 1. The minimum absolute atomic E-state index is 0.00118. The lowest BCUT2D eigenvalue weighted by Gasteiger charge is -2.27. The maximum absolute atomic E-state index is 11.9. The molecule has 3 heteroatoms. The van der Waals surface area contributed by atoms with Gasteiger partial charge < -0.3 is 10.4 Å². The number of rotatable bonds is 16. The highest BCUT2D eigenvalue weighted by Crippen LogP contribution is 2.15. The molecule has 2 N–H and O–H groups in total. The summed E-state index contributed by atoms with van der Waals surface area (Å²) in [5, 5.41) is 13.0. The van der Waals surface area contributed by atoms with Crippen LogP contribution in [-0.2, 0) is 4.79 Å². The molecule has 1 unspecified atom stereocenters. The predicted molar refractivity (Wildman–Crippen MR) is 99.4 cm³/mol. The van der Waals surface area contributed by atoms with Gasteiger partial charge in [0, 0.05) is 6.42 Å². The van der Waals surface area contributed by atoms with Crippen LogP contribution in [-0.4, -0.2) is 16.7 Å². The van der Waals surface area contributed by atoms with Crippen LogP contribution in [0.5, 0.6) is 0 Å². The van der Waals surface area contributed by atoms with Crippen LogP contribution in [0.25, 0.3) is 0 Å². The first-order valence-corrected chi connectivity index (χ1v) is 10.1. The third-order valence-corrected chi connectivity index (χ3v) is 4.63. The molecule has 0 saturated carbocycles. The molecular formula is C20H41NO2. The zero-order valence-corrected chi connectivity index (χ0v) is 16.0. The summed E-state index contributed by atoms with van der Waals surface area (Å²) in [5.74, 6) is -0.00118. The van der Waals surface area contributed by atoms with E-state index in [0.29, 0.717) is 19.3 Å². The van der Waals surface area contributed by atoms with Crippen LogP contribution in [0, 0.1) is 0 Å². The third-order valence-electron chi connectivity index (χ3n) is 4.63. The van der Waals surface area contributed by atoms with Crippen LogP contribution in [0.3, 0.4) is 0 Å². The Labute approximate surface area is 144 Å². The standard InChI is InChI=1S/C20H41NO2/c1-4-7-8-9-10-11-12-13-14-15-16-17-19(22)21-20(23,6-3)18-5-2/h23H,4-18H2,1-3H3,(H,21,22). The van der Waals surface area contributed by atoms with E-state index in [1.165, 1.54) is 57.8 Å². The monoisotopic (exact) mass is 327 g/mol. The first-order valence-electron chi connectivity index (χ1n) is 10.1. The number of unbranched alkanes of at least 4 members (excludes halogenated alkanes) is 10. The zero-order chi connectivity index (χ0) is 17.4. The van der Waals surface area contributed by atoms with Crippen molar-refractivity contribution in [1.29, 1.82) is 0 Å². The summed E-state index contributed by atoms with van der Waals surface area (Å²) in [7, 11) is 0. The smallest absolute Gasteiger partial charge is 0.222 e. The van der Waals surface area contributed by atoms with Gasteiger partial charge in [-0.1, -0.05) is 91.4 Å². The van der Waals surface area contributed by atoms with Crippen LogP contribution in [0.15, 0.2) is 0 Å². The van der Waals surface area contributed by atoms with Gasteiger partial charge in [-0.3, -0.25) is 4.79 Å². The molecule has 0 aliphatic carbocycles. The molecule has 138 valence electrons. The van der Waals surface area contributed by atoms with Crippen molar-refractivity contribution in [2.45, 2.75) is 123 Å². The normalized spacial score (nSPS) is 13.7. The molecule has 0 saturated heterocycles. The molecular weight excluding hydrogens is 286 g/mol. The minimum atomic E-state index is -0.996. The maximum atomic E-state index is 11.9. The molecule has 1 atom stereocenters. The molecule has 0 bridgehead atoms. The van der Waals surface area contributed by atoms with Gasteiger partial charge in [0.1, 0.15) is 5.72 Å². The van der Waals surface area contributed by atoms with Gasteiger partial charge in [-0.15, -0.1) is 0 Å². The van der Waals surface area contributed by atoms with Crippen LogP contribution in [0.2, 0.25) is 0 Å². The lowest BCUT2D eigenvalue weighted by Crippen LogP contribution is -2.47. The fourth-order valence-electron chi connectivity index (χ4n) is 3.01. The SMILES string of the molecule is CCCCCCCCCCCCCC(=O)NC(O)(CC)CCC. The zero-order valence-electron chi connectivity index (χ0n) is 16.0. The first kappa shape index (κ1) is 22.4. The van der Waals surface area contributed by atoms with E-state index in [4.69, 9.17) is 0 Å². The number of nitrogens with one attached hydrogen (secondary N) is 1. The van der Waals surface area contributed by atoms with Gasteiger partial charge in [-0.05, 0) is 19.3 Å². The summed E-state index contributed by atoms with van der Waals surface area (Å²) >= 11 is 0. The number of carbonyl (C=O) groups excluding carboxylic acids is 1. The number of hydrogen-bond acceptors (Lipinski definition) is 2. The number of hydrogen-bond donors (Lipinski definition) is 2. The molecule has 0 radical (unpaired) electrons. The van der Waals surface area contributed by atoms with E-state index in [2.05, 4.69) is 12.2 Å². The average molecular weight is 328 g/mol. The highest BCUT2D eigenvalue weighted by atomic mass is 16.3. The van der Waals surface area contributed by atoms with Gasteiger partial charge in [0.15, 0.2) is 0 Å². The van der Waals surface area contributed by atoms with Crippen molar-refractivity contribution in [3.05, 3.63) is 0 Å². The van der Waals surface area contributed by atoms with Gasteiger partial charge in [-0.25, -0.2) is 0 Å². The van der Waals surface area contributed by atoms with Crippen molar-refractivity contribution in [1.82, 2.24) is 5.32 Å². The van der Waals surface area contributed by atoms with Gasteiger partial charge in [-0.2, -0.15) is 0 Å². The van der Waals surface area contributed by atoms with E-state index in [-0.39, 0.29) is 5.91 Å². The molecule has 0 aliphatic heterocycles. The molecule has 0 aromatic carbocycles. The van der Waals surface area contributed by atoms with Crippen molar-refractivity contribution >= 4 is 5.91 Å². The first-order chi connectivity index (χ1) is 11.1. The van der Waals surface area contributed by atoms with E-state index in [1.807, 2.05) is 13.8 Å². The van der Waals surface area contributed by atoms with Gasteiger partial charge in [0.05, 0.1) is 0 Å². The van der Waals surface area contributed by atoms with Crippen LogP contribution < -0.4 is 5.32 Å². The molecule has 3 nitrogen and oxygen atoms in total. The molecule has 0 rings (SSSR count). The highest BCUT2D eigenvalue weighted by Gasteiger charge is 2.24. The molecule has 0 spiro atoms. The van der Waals surface area contributed by atoms with Crippen molar-refractivity contribution in [3.63, 3.8) is 0 Å². The van der Waals surface area contributed by atoms with E-state index < -0.39 is 5.72 Å². The molecule has 0 aromatic heterocycles. The van der Waals surface area contributed by atoms with Crippen LogP contribution >= 0.6 is 0 Å². The van der Waals surface area contributed by atoms with E-state index in [0.717, 1.165) is 19.3 Å². The van der Waals surface area contributed by atoms with Crippen molar-refractivity contribution in [2.75, 3.05) is 0 Å². The second-order valence-corrected chi connectivity index (χ2v) is 6.97. The Morgan fingerprint density at radius 3 is 1.70 bits per heavy atom. The molecule has 1 amide bonds. The minimum Gasteiger partial charge on any atom is -0.371 e. The summed E-state index contributed by atoms with van der Waals surface area (Å²) in [4.78, 5) is 11.9. The Balaban J connectivity index is 3.45. The van der Waals surface area contributed by atoms with Gasteiger partial charge >= 0.3 is 0 Å². The Kier molecular flexibility index (Phi) is 14.6. The van der Waals surface area contributed by atoms with Crippen LogP contribution in [0.1, 0.15) is 117 Å². The summed E-state index contributed by atoms with van der Waals surface area (Å²) < 4.78 is 0. The van der Waals surface area contributed by atoms with Gasteiger partial charge in [0.25, 0.3) is 0 Å². The van der Waals surface area contributed by atoms with Crippen molar-refractivity contribution in [3.8, 4) is 0 Å². The van der Waals surface area contributed by atoms with E-state index >= 15 is 0 Å². The molecule has 0 heterocycles. The molecule has 0 aliphatic rings. The fourth-order valence-corrected chi connectivity index (χ4v) is 3.01. The Hall–Kier alpha value is -0.570. The highest BCUT2D eigenvalue weighted by molar-refractivity contribution is 5.76. The Morgan fingerprint density at radius 2 is 1.26 bits per heavy atom. The predicted octanol–water partition coefficient (Wildman–Crippen LogP) is 5.70. The number of aliphatic hydroxyl groups is 1. The molecule has 0 fully saturated rings. The van der Waals surface area contributed by atoms with E-state index in [1.54, 1.807) is 0 Å². The lowest BCUT2D eigenvalue weighted by molar-refractivity contribution is -0.129. The van der Waals surface area contributed by atoms with E-state index in [9.17, 15) is 9.90 Å². The summed E-state index contributed by atoms with van der Waals surface area (Å²) in [6, 6.07) is 0. The van der Waals surface area contributed by atoms with Gasteiger partial charge in [0.2, 0.25) is 5.91 Å². The summed E-state index contributed by atoms with van der Waals surface area (Å²) in [5.41, 5.74) is -0.996. The maximum Gasteiger partial charge on any atom is 0.222 e. The quantitative estimate of drug-likeness (QED) is 0.282. The third kappa shape index (κ3) is 13.6. The number of amides is 1. The van der Waals surface area contributed by atoms with Crippen LogP contribution in [0.4, 0.5) is 0 Å². The molecule has 0 aromatic rings. The largest absolute Gasteiger partial charge is 0.371 e. The van der Waals surface area contributed by atoms with Crippen molar-refractivity contribution in [2.24, 2.45) is 0 Å². The lowest BCUT2D eigenvalue weighted by atomic mass is 10.0. The average Bonchev–Trinajstić information content (AvgIpc) is 2.52. The summed E-state index contributed by atoms with van der Waals surface area (Å²) in [6.07, 6.45) is 16.8. The topological polar surface area (TPSA) is 49.3 Å².